The zero-order valence-corrected chi connectivity index (χ0v) is 19.2. The number of rotatable bonds is 6. The number of amides is 1. The number of aromatic nitrogens is 1. The van der Waals surface area contributed by atoms with Gasteiger partial charge in [-0.05, 0) is 49.9 Å². The molecule has 2 heterocycles. The number of oxazole rings is 1. The highest BCUT2D eigenvalue weighted by Crippen LogP contribution is 2.53. The van der Waals surface area contributed by atoms with Crippen LogP contribution in [0.3, 0.4) is 0 Å². The Balaban J connectivity index is 1.34. The number of nitrogens with zero attached hydrogens (tertiary/aromatic N) is 2. The van der Waals surface area contributed by atoms with E-state index >= 15 is 0 Å². The molecule has 6 nitrogen and oxygen atoms in total. The summed E-state index contributed by atoms with van der Waals surface area (Å²) in [5, 5.41) is 2.24. The number of hydrogen-bond acceptors (Lipinski definition) is 5. The Hall–Kier alpha value is -2.85. The highest BCUT2D eigenvalue weighted by molar-refractivity contribution is 6.03. The van der Waals surface area contributed by atoms with Crippen LogP contribution in [-0.4, -0.2) is 36.3 Å². The summed E-state index contributed by atoms with van der Waals surface area (Å²) in [6, 6.07) is 1.69. The van der Waals surface area contributed by atoms with Crippen LogP contribution in [0.1, 0.15) is 61.7 Å². The fraction of sp³-hybridized carbons (Fsp3) is 0.583. The summed E-state index contributed by atoms with van der Waals surface area (Å²) in [5.74, 6) is -3.84. The van der Waals surface area contributed by atoms with Gasteiger partial charge in [0, 0.05) is 30.9 Å². The van der Waals surface area contributed by atoms with E-state index in [-0.39, 0.29) is 23.2 Å². The first-order valence-corrected chi connectivity index (χ1v) is 11.8. The third kappa shape index (κ3) is 5.23. The van der Waals surface area contributed by atoms with Gasteiger partial charge in [-0.2, -0.15) is 18.2 Å². The molecule has 2 aromatic rings. The maximum atomic E-state index is 14.6. The molecule has 0 bridgehead atoms. The lowest BCUT2D eigenvalue weighted by Crippen LogP contribution is -2.21. The number of nitrogens with one attached hydrogen (secondary N) is 1. The Kier molecular flexibility index (Phi) is 5.91. The molecule has 35 heavy (non-hydrogen) atoms. The molecule has 11 heteroatoms. The van der Waals surface area contributed by atoms with Gasteiger partial charge in [-0.1, -0.05) is 6.92 Å². The predicted molar refractivity (Wildman–Crippen MR) is 117 cm³/mol. The molecule has 2 unspecified atom stereocenters. The summed E-state index contributed by atoms with van der Waals surface area (Å²) < 4.78 is 79.4. The number of carbonyl (C=O) groups excluding carboxylic acids is 1. The van der Waals surface area contributed by atoms with Gasteiger partial charge in [-0.25, -0.2) is 8.78 Å². The summed E-state index contributed by atoms with van der Waals surface area (Å²) in [4.78, 5) is 18.6. The van der Waals surface area contributed by atoms with Crippen molar-refractivity contribution in [3.8, 4) is 5.75 Å². The highest BCUT2D eigenvalue weighted by Gasteiger charge is 2.49. The van der Waals surface area contributed by atoms with E-state index in [0.717, 1.165) is 37.8 Å². The fourth-order valence-electron chi connectivity index (χ4n) is 5.00. The van der Waals surface area contributed by atoms with Crippen molar-refractivity contribution in [3.05, 3.63) is 35.2 Å². The lowest BCUT2D eigenvalue weighted by molar-refractivity contribution is -0.130. The molecule has 1 aromatic carbocycles. The summed E-state index contributed by atoms with van der Waals surface area (Å²) in [5.41, 5.74) is -0.663. The van der Waals surface area contributed by atoms with Crippen molar-refractivity contribution in [3.63, 3.8) is 0 Å². The van der Waals surface area contributed by atoms with Crippen molar-refractivity contribution in [1.29, 1.82) is 0 Å². The van der Waals surface area contributed by atoms with Crippen molar-refractivity contribution in [2.45, 2.75) is 64.1 Å². The van der Waals surface area contributed by atoms with Crippen LogP contribution in [0.2, 0.25) is 0 Å². The minimum atomic E-state index is -4.64. The summed E-state index contributed by atoms with van der Waals surface area (Å²) in [7, 11) is 0. The van der Waals surface area contributed by atoms with Gasteiger partial charge in [-0.3, -0.25) is 4.79 Å². The maximum absolute atomic E-state index is 14.6. The van der Waals surface area contributed by atoms with E-state index in [1.807, 2.05) is 6.92 Å². The van der Waals surface area contributed by atoms with Gasteiger partial charge in [0.1, 0.15) is 12.2 Å². The molecular formula is C24H26F5N3O3. The topological polar surface area (TPSA) is 67.6 Å². The second kappa shape index (κ2) is 8.67. The van der Waals surface area contributed by atoms with E-state index in [1.165, 1.54) is 0 Å². The van der Waals surface area contributed by atoms with Crippen LogP contribution < -0.4 is 15.0 Å². The van der Waals surface area contributed by atoms with Crippen LogP contribution in [-0.2, 0) is 6.42 Å². The Labute approximate surface area is 198 Å². The van der Waals surface area contributed by atoms with Crippen LogP contribution in [0, 0.1) is 23.0 Å². The number of anilines is 2. The van der Waals surface area contributed by atoms with E-state index in [0.29, 0.717) is 31.8 Å². The number of alkyl halides is 3. The van der Waals surface area contributed by atoms with Crippen molar-refractivity contribution in [1.82, 2.24) is 4.98 Å². The minimum absolute atomic E-state index is 0.0509. The molecule has 3 aliphatic rings. The fourth-order valence-corrected chi connectivity index (χ4v) is 5.00. The van der Waals surface area contributed by atoms with Crippen molar-refractivity contribution in [2.24, 2.45) is 11.3 Å². The number of benzene rings is 1. The smallest absolute Gasteiger partial charge is 0.396 e. The first-order chi connectivity index (χ1) is 16.5. The molecule has 1 N–H and O–H groups in total. The largest absolute Gasteiger partial charge is 0.484 e. The zero-order valence-electron chi connectivity index (χ0n) is 19.2. The first kappa shape index (κ1) is 23.9. The maximum Gasteiger partial charge on any atom is 0.396 e. The van der Waals surface area contributed by atoms with Gasteiger partial charge in [0.25, 0.3) is 11.9 Å². The predicted octanol–water partition coefficient (Wildman–Crippen LogP) is 5.87. The number of halogens is 5. The van der Waals surface area contributed by atoms with E-state index in [2.05, 4.69) is 10.3 Å². The molecule has 1 amide bonds. The van der Waals surface area contributed by atoms with Gasteiger partial charge in [0.2, 0.25) is 0 Å². The minimum Gasteiger partial charge on any atom is -0.484 e. The van der Waals surface area contributed by atoms with Gasteiger partial charge >= 0.3 is 6.18 Å². The van der Waals surface area contributed by atoms with Crippen molar-refractivity contribution >= 4 is 17.6 Å². The third-order valence-corrected chi connectivity index (χ3v) is 7.12. The molecule has 2 atom stereocenters. The quantitative estimate of drug-likeness (QED) is 0.504. The van der Waals surface area contributed by atoms with Crippen LogP contribution in [0.4, 0.5) is 33.7 Å². The molecule has 1 aromatic heterocycles. The van der Waals surface area contributed by atoms with Gasteiger partial charge in [0.05, 0.1) is 6.10 Å². The standard InChI is InChI=1S/C24H26F5N3O3/c1-13-2-3-15(8-13)34-20-16(25)9-14(10-17(20)26)30-21(33)19-18(11-24(27,28)29)35-22(31-19)32-7-6-23(12-32)4-5-23/h9-10,13,15H,2-8,11-12H2,1H3,(H,30,33). The van der Waals surface area contributed by atoms with E-state index in [1.54, 1.807) is 4.90 Å². The van der Waals surface area contributed by atoms with Crippen LogP contribution in [0.25, 0.3) is 0 Å². The monoisotopic (exact) mass is 499 g/mol. The van der Waals surface area contributed by atoms with Crippen molar-refractivity contribution in [2.75, 3.05) is 23.3 Å². The molecule has 0 radical (unpaired) electrons. The lowest BCUT2D eigenvalue weighted by Gasteiger charge is -2.16. The first-order valence-electron chi connectivity index (χ1n) is 11.8. The van der Waals surface area contributed by atoms with Crippen LogP contribution in [0.15, 0.2) is 16.5 Å². The number of ether oxygens (including phenoxy) is 1. The Morgan fingerprint density at radius 3 is 2.51 bits per heavy atom. The normalized spacial score (nSPS) is 23.2. The molecule has 1 saturated heterocycles. The lowest BCUT2D eigenvalue weighted by atomic mass is 10.1. The van der Waals surface area contributed by atoms with E-state index < -0.39 is 47.3 Å². The van der Waals surface area contributed by atoms with Gasteiger partial charge < -0.3 is 19.4 Å². The molecule has 1 spiro atoms. The molecule has 190 valence electrons. The van der Waals surface area contributed by atoms with Crippen LogP contribution in [0.5, 0.6) is 5.75 Å². The average Bonchev–Trinajstić information content (AvgIpc) is 3.06. The SMILES string of the molecule is CC1CCC(Oc2c(F)cc(NC(=O)c3nc(N4CCC5(CC5)C4)oc3CC(F)(F)F)cc2F)C1. The number of carbonyl (C=O) groups is 1. The Morgan fingerprint density at radius 2 is 1.94 bits per heavy atom. The molecule has 1 aliphatic heterocycles. The Bertz CT molecular complexity index is 1110. The molecule has 3 fully saturated rings. The Morgan fingerprint density at radius 1 is 1.23 bits per heavy atom. The van der Waals surface area contributed by atoms with E-state index in [4.69, 9.17) is 9.15 Å². The molecule has 2 aliphatic carbocycles. The van der Waals surface area contributed by atoms with Crippen LogP contribution >= 0.6 is 0 Å². The molecule has 5 rings (SSSR count). The number of hydrogen-bond donors (Lipinski definition) is 1. The zero-order chi connectivity index (χ0) is 25.0. The second-order valence-electron chi connectivity index (χ2n) is 10.1. The summed E-state index contributed by atoms with van der Waals surface area (Å²) in [6.07, 6.45) is -1.17. The molecular weight excluding hydrogens is 473 g/mol. The van der Waals surface area contributed by atoms with Gasteiger partial charge in [0.15, 0.2) is 23.1 Å². The van der Waals surface area contributed by atoms with Gasteiger partial charge in [-0.15, -0.1) is 0 Å². The summed E-state index contributed by atoms with van der Waals surface area (Å²) >= 11 is 0. The van der Waals surface area contributed by atoms with E-state index in [9.17, 15) is 26.7 Å². The third-order valence-electron chi connectivity index (χ3n) is 7.12. The van der Waals surface area contributed by atoms with Crippen molar-refractivity contribution < 1.29 is 35.9 Å². The highest BCUT2D eigenvalue weighted by atomic mass is 19.4. The second-order valence-corrected chi connectivity index (χ2v) is 10.1. The average molecular weight is 499 g/mol. The summed E-state index contributed by atoms with van der Waals surface area (Å²) in [6.45, 7) is 3.22. The molecule has 2 saturated carbocycles.